The topological polar surface area (TPSA) is 27.7 Å². The lowest BCUT2D eigenvalue weighted by Crippen LogP contribution is -2.19. The van der Waals surface area contributed by atoms with Gasteiger partial charge in [0.15, 0.2) is 0 Å². The first kappa shape index (κ1) is 31.9. The van der Waals surface area contributed by atoms with Crippen molar-refractivity contribution in [3.63, 3.8) is 0 Å². The van der Waals surface area contributed by atoms with Gasteiger partial charge in [0.25, 0.3) is 0 Å². The second-order valence-electron chi connectivity index (χ2n) is 14.9. The molecule has 0 heterocycles. The van der Waals surface area contributed by atoms with Crippen LogP contribution in [0.2, 0.25) is 0 Å². The van der Waals surface area contributed by atoms with Crippen molar-refractivity contribution in [2.45, 2.75) is 135 Å². The van der Waals surface area contributed by atoms with E-state index in [1.54, 1.807) is 0 Å². The molecule has 0 radical (unpaired) electrons. The van der Waals surface area contributed by atoms with E-state index in [1.165, 1.54) is 86.5 Å². The fourth-order valence-electron chi connectivity index (χ4n) is 6.81. The highest BCUT2D eigenvalue weighted by Gasteiger charge is 2.31. The number of hydrogen-bond acceptors (Lipinski definition) is 3. The number of aryl methyl sites for hydroxylation is 1. The highest BCUT2D eigenvalue weighted by molar-refractivity contribution is 7.43. The number of benzene rings is 3. The summed E-state index contributed by atoms with van der Waals surface area (Å²) in [5.74, 6) is 3.73. The summed E-state index contributed by atoms with van der Waals surface area (Å²) in [6, 6.07) is 21.8. The molecule has 5 rings (SSSR count). The van der Waals surface area contributed by atoms with Gasteiger partial charge in [0.1, 0.15) is 17.2 Å². The molecule has 2 fully saturated rings. The molecule has 0 unspecified atom stereocenters. The van der Waals surface area contributed by atoms with E-state index < -0.39 is 8.60 Å². The van der Waals surface area contributed by atoms with Gasteiger partial charge in [-0.05, 0) is 89.7 Å². The Kier molecular flexibility index (Phi) is 10.1. The Morgan fingerprint density at radius 2 is 1.05 bits per heavy atom. The molecule has 0 bridgehead atoms. The SMILES string of the molecule is Cc1cc(C(C)(C)C)cc(C(C)(C)C)c1OP(Oc1ccccc1C1CCCCC1)Oc1ccccc1C1CCCCC1. The van der Waals surface area contributed by atoms with Crippen LogP contribution >= 0.6 is 8.60 Å². The molecule has 2 aliphatic rings. The first-order valence-corrected chi connectivity index (χ1v) is 17.8. The quantitative estimate of drug-likeness (QED) is 0.241. The molecule has 4 heteroatoms. The van der Waals surface area contributed by atoms with Crippen LogP contribution in [0.25, 0.3) is 0 Å². The van der Waals surface area contributed by atoms with Gasteiger partial charge in [0, 0.05) is 5.56 Å². The Morgan fingerprint density at radius 1 is 0.581 bits per heavy atom. The average Bonchev–Trinajstić information content (AvgIpc) is 2.98. The summed E-state index contributed by atoms with van der Waals surface area (Å²) in [5.41, 5.74) is 6.15. The predicted molar refractivity (Wildman–Crippen MR) is 182 cm³/mol. The van der Waals surface area contributed by atoms with Crippen LogP contribution in [-0.4, -0.2) is 0 Å². The molecule has 3 aromatic rings. The van der Waals surface area contributed by atoms with Crippen LogP contribution in [0.5, 0.6) is 17.2 Å². The Hall–Kier alpha value is -2.51. The van der Waals surface area contributed by atoms with Gasteiger partial charge < -0.3 is 13.6 Å². The van der Waals surface area contributed by atoms with E-state index in [9.17, 15) is 0 Å². The fraction of sp³-hybridized carbons (Fsp3) is 0.538. The van der Waals surface area contributed by atoms with Crippen molar-refractivity contribution in [3.8, 4) is 17.2 Å². The van der Waals surface area contributed by atoms with Crippen LogP contribution in [0.4, 0.5) is 0 Å². The molecule has 0 N–H and O–H groups in total. The third kappa shape index (κ3) is 7.96. The zero-order valence-electron chi connectivity index (χ0n) is 27.7. The van der Waals surface area contributed by atoms with E-state index in [0.29, 0.717) is 11.8 Å². The van der Waals surface area contributed by atoms with Gasteiger partial charge in [0.2, 0.25) is 0 Å². The molecule has 43 heavy (non-hydrogen) atoms. The van der Waals surface area contributed by atoms with Gasteiger partial charge in [-0.3, -0.25) is 0 Å². The maximum atomic E-state index is 6.98. The Bertz CT molecular complexity index is 1290. The summed E-state index contributed by atoms with van der Waals surface area (Å²) in [6.45, 7) is 15.8. The van der Waals surface area contributed by atoms with Crippen molar-refractivity contribution < 1.29 is 13.6 Å². The van der Waals surface area contributed by atoms with Crippen LogP contribution in [0.3, 0.4) is 0 Å². The lowest BCUT2D eigenvalue weighted by Gasteiger charge is -2.31. The lowest BCUT2D eigenvalue weighted by molar-refractivity contribution is 0.367. The van der Waals surface area contributed by atoms with Crippen LogP contribution in [0.15, 0.2) is 60.7 Å². The molecular formula is C39H53O3P. The van der Waals surface area contributed by atoms with Crippen molar-refractivity contribution in [1.82, 2.24) is 0 Å². The minimum absolute atomic E-state index is 0.0406. The van der Waals surface area contributed by atoms with Crippen molar-refractivity contribution in [1.29, 1.82) is 0 Å². The summed E-state index contributed by atoms with van der Waals surface area (Å²) < 4.78 is 20.8. The zero-order chi connectivity index (χ0) is 30.6. The molecule has 2 aliphatic carbocycles. The molecule has 0 aromatic heterocycles. The van der Waals surface area contributed by atoms with Gasteiger partial charge in [-0.1, -0.05) is 129 Å². The molecule has 3 nitrogen and oxygen atoms in total. The molecule has 0 atom stereocenters. The summed E-state index contributed by atoms with van der Waals surface area (Å²) >= 11 is 0. The van der Waals surface area contributed by atoms with E-state index in [4.69, 9.17) is 13.6 Å². The van der Waals surface area contributed by atoms with Gasteiger partial charge >= 0.3 is 8.60 Å². The standard InChI is InChI=1S/C39H53O3P/c1-28-26-31(38(2,3)4)27-34(39(5,6)7)37(28)42-43(40-35-24-16-14-22-32(35)29-18-10-8-11-19-29)41-36-25-17-15-23-33(36)30-20-12-9-13-21-30/h14-17,22-27,29-30H,8-13,18-21H2,1-7H3. The van der Waals surface area contributed by atoms with E-state index in [0.717, 1.165) is 22.8 Å². The van der Waals surface area contributed by atoms with Crippen LogP contribution in [0, 0.1) is 6.92 Å². The van der Waals surface area contributed by atoms with Crippen LogP contribution in [0.1, 0.15) is 145 Å². The third-order valence-corrected chi connectivity index (χ3v) is 10.4. The van der Waals surface area contributed by atoms with Gasteiger partial charge in [-0.2, -0.15) is 0 Å². The molecule has 0 amide bonds. The molecule has 2 saturated carbocycles. The fourth-order valence-corrected chi connectivity index (χ4v) is 7.96. The van der Waals surface area contributed by atoms with Crippen LogP contribution in [-0.2, 0) is 10.8 Å². The Labute approximate surface area is 262 Å². The largest absolute Gasteiger partial charge is 0.530 e. The summed E-state index contributed by atoms with van der Waals surface area (Å²) in [5, 5.41) is 0. The molecule has 0 spiro atoms. The predicted octanol–water partition coefficient (Wildman–Crippen LogP) is 12.4. The van der Waals surface area contributed by atoms with Crippen molar-refractivity contribution in [2.75, 3.05) is 0 Å². The molecule has 232 valence electrons. The van der Waals surface area contributed by atoms with E-state index >= 15 is 0 Å². The van der Waals surface area contributed by atoms with E-state index in [1.807, 2.05) is 0 Å². The average molecular weight is 601 g/mol. The lowest BCUT2D eigenvalue weighted by atomic mass is 9.79. The Balaban J connectivity index is 1.55. The first-order chi connectivity index (χ1) is 20.5. The van der Waals surface area contributed by atoms with Crippen molar-refractivity contribution in [3.05, 3.63) is 88.5 Å². The maximum absolute atomic E-state index is 6.98. The molecule has 3 aromatic carbocycles. The third-order valence-electron chi connectivity index (χ3n) is 9.39. The zero-order valence-corrected chi connectivity index (χ0v) is 28.6. The molecular weight excluding hydrogens is 547 g/mol. The van der Waals surface area contributed by atoms with E-state index in [-0.39, 0.29) is 10.8 Å². The minimum Gasteiger partial charge on any atom is -0.408 e. The molecule has 0 saturated heterocycles. The normalized spacial score (nSPS) is 17.2. The maximum Gasteiger partial charge on any atom is 0.530 e. The second kappa shape index (κ2) is 13.6. The first-order valence-electron chi connectivity index (χ1n) is 16.7. The summed E-state index contributed by atoms with van der Waals surface area (Å²) in [4.78, 5) is 0. The van der Waals surface area contributed by atoms with E-state index in [2.05, 4.69) is 109 Å². The van der Waals surface area contributed by atoms with Crippen molar-refractivity contribution in [2.24, 2.45) is 0 Å². The van der Waals surface area contributed by atoms with Crippen molar-refractivity contribution >= 4 is 8.60 Å². The second-order valence-corrected chi connectivity index (χ2v) is 15.9. The highest BCUT2D eigenvalue weighted by atomic mass is 31.2. The monoisotopic (exact) mass is 600 g/mol. The number of hydrogen-bond donors (Lipinski definition) is 0. The van der Waals surface area contributed by atoms with Gasteiger partial charge in [0.05, 0.1) is 0 Å². The minimum atomic E-state index is -1.78. The highest BCUT2D eigenvalue weighted by Crippen LogP contribution is 2.51. The summed E-state index contributed by atoms with van der Waals surface area (Å²) in [7, 11) is -1.78. The van der Waals surface area contributed by atoms with Crippen LogP contribution < -0.4 is 13.6 Å². The smallest absolute Gasteiger partial charge is 0.408 e. The number of rotatable bonds is 8. The number of para-hydroxylation sites is 2. The molecule has 0 aliphatic heterocycles. The van der Waals surface area contributed by atoms with Gasteiger partial charge in [-0.25, -0.2) is 0 Å². The Morgan fingerprint density at radius 3 is 1.49 bits per heavy atom. The van der Waals surface area contributed by atoms with Gasteiger partial charge in [-0.15, -0.1) is 0 Å². The summed E-state index contributed by atoms with van der Waals surface area (Å²) in [6.07, 6.45) is 12.6.